The number of carboxylic acid groups (broad SMARTS) is 1. The molecule has 1 aromatic heterocycles. The molecule has 2 atom stereocenters. The highest BCUT2D eigenvalue weighted by atomic mass is 16.4. The van der Waals surface area contributed by atoms with Gasteiger partial charge in [0.2, 0.25) is 0 Å². The van der Waals surface area contributed by atoms with Crippen LogP contribution >= 0.6 is 0 Å². The zero-order valence-corrected chi connectivity index (χ0v) is 10.8. The Morgan fingerprint density at radius 1 is 1.21 bits per heavy atom. The van der Waals surface area contributed by atoms with Gasteiger partial charge in [-0.2, -0.15) is 0 Å². The lowest BCUT2D eigenvalue weighted by atomic mass is 9.86. The van der Waals surface area contributed by atoms with Crippen molar-refractivity contribution in [2.75, 3.05) is 0 Å². The van der Waals surface area contributed by atoms with Gasteiger partial charge in [-0.3, -0.25) is 9.59 Å². The summed E-state index contributed by atoms with van der Waals surface area (Å²) >= 11 is 0. The Balaban J connectivity index is 2.04. The van der Waals surface area contributed by atoms with E-state index in [9.17, 15) is 14.7 Å². The first kappa shape index (κ1) is 13.6. The van der Waals surface area contributed by atoms with Crippen LogP contribution in [-0.2, 0) is 4.79 Å². The van der Waals surface area contributed by atoms with Crippen LogP contribution in [0.5, 0.6) is 0 Å². The molecule has 2 N–H and O–H groups in total. The third-order valence-corrected chi connectivity index (χ3v) is 3.64. The van der Waals surface area contributed by atoms with E-state index in [0.717, 1.165) is 25.7 Å². The summed E-state index contributed by atoms with van der Waals surface area (Å²) in [5.41, 5.74) is 0. The molecule has 0 aromatic carbocycles. The van der Waals surface area contributed by atoms with Crippen molar-refractivity contribution < 1.29 is 19.1 Å². The van der Waals surface area contributed by atoms with Crippen molar-refractivity contribution in [2.45, 2.75) is 44.6 Å². The normalized spacial score (nSPS) is 24.2. The van der Waals surface area contributed by atoms with E-state index < -0.39 is 11.9 Å². The van der Waals surface area contributed by atoms with Crippen LogP contribution in [0.15, 0.2) is 22.8 Å². The van der Waals surface area contributed by atoms with Crippen molar-refractivity contribution in [3.05, 3.63) is 24.2 Å². The van der Waals surface area contributed by atoms with Gasteiger partial charge >= 0.3 is 5.97 Å². The second-order valence-electron chi connectivity index (χ2n) is 4.99. The number of aliphatic carboxylic acids is 1. The number of carbonyl (C=O) groups is 2. The zero-order valence-electron chi connectivity index (χ0n) is 10.8. The van der Waals surface area contributed by atoms with Gasteiger partial charge in [-0.15, -0.1) is 0 Å². The second-order valence-corrected chi connectivity index (χ2v) is 4.99. The lowest BCUT2D eigenvalue weighted by Crippen LogP contribution is -2.43. The highest BCUT2D eigenvalue weighted by Crippen LogP contribution is 2.23. The number of carbonyl (C=O) groups excluding carboxylic acids is 1. The number of nitrogens with one attached hydrogen (secondary N) is 1. The van der Waals surface area contributed by atoms with E-state index >= 15 is 0 Å². The Hall–Kier alpha value is -1.78. The Bertz CT molecular complexity index is 427. The molecule has 1 aliphatic rings. The lowest BCUT2D eigenvalue weighted by molar-refractivity contribution is -0.143. The fourth-order valence-corrected chi connectivity index (χ4v) is 2.60. The molecule has 5 heteroatoms. The maximum atomic E-state index is 11.9. The molecular formula is C14H19NO4. The maximum absolute atomic E-state index is 11.9. The summed E-state index contributed by atoms with van der Waals surface area (Å²) in [6, 6.07) is 2.91. The predicted molar refractivity (Wildman–Crippen MR) is 68.8 cm³/mol. The Kier molecular flexibility index (Phi) is 4.60. The molecule has 0 radical (unpaired) electrons. The van der Waals surface area contributed by atoms with Gasteiger partial charge in [0, 0.05) is 6.04 Å². The number of carboxylic acids is 1. The smallest absolute Gasteiger partial charge is 0.308 e. The van der Waals surface area contributed by atoms with E-state index in [0.29, 0.717) is 12.8 Å². The SMILES string of the molecule is O=C(NC1CCCCCCC1C(=O)O)c1ccco1. The molecule has 1 amide bonds. The topological polar surface area (TPSA) is 79.5 Å². The van der Waals surface area contributed by atoms with E-state index in [1.165, 1.54) is 6.26 Å². The monoisotopic (exact) mass is 265 g/mol. The molecule has 1 aromatic rings. The average Bonchev–Trinajstić information content (AvgIpc) is 2.85. The summed E-state index contributed by atoms with van der Waals surface area (Å²) in [5.74, 6) is -1.43. The van der Waals surface area contributed by atoms with Crippen LogP contribution in [0.4, 0.5) is 0 Å². The number of hydrogen-bond donors (Lipinski definition) is 2. The summed E-state index contributed by atoms with van der Waals surface area (Å²) in [5, 5.41) is 12.1. The average molecular weight is 265 g/mol. The summed E-state index contributed by atoms with van der Waals surface area (Å²) in [7, 11) is 0. The van der Waals surface area contributed by atoms with Crippen LogP contribution in [-0.4, -0.2) is 23.0 Å². The number of rotatable bonds is 3. The van der Waals surface area contributed by atoms with Crippen molar-refractivity contribution in [3.63, 3.8) is 0 Å². The minimum Gasteiger partial charge on any atom is -0.481 e. The summed E-state index contributed by atoms with van der Waals surface area (Å²) < 4.78 is 5.03. The van der Waals surface area contributed by atoms with Gasteiger partial charge in [-0.1, -0.05) is 25.7 Å². The van der Waals surface area contributed by atoms with E-state index in [1.54, 1.807) is 12.1 Å². The highest BCUT2D eigenvalue weighted by Gasteiger charge is 2.30. The maximum Gasteiger partial charge on any atom is 0.308 e. The Morgan fingerprint density at radius 2 is 1.95 bits per heavy atom. The molecule has 1 aliphatic carbocycles. The van der Waals surface area contributed by atoms with Crippen LogP contribution in [0.1, 0.15) is 49.1 Å². The van der Waals surface area contributed by atoms with Crippen LogP contribution in [0, 0.1) is 5.92 Å². The predicted octanol–water partition coefficient (Wildman–Crippen LogP) is 2.43. The number of hydrogen-bond acceptors (Lipinski definition) is 3. The molecule has 0 bridgehead atoms. The van der Waals surface area contributed by atoms with Crippen molar-refractivity contribution in [3.8, 4) is 0 Å². The molecule has 5 nitrogen and oxygen atoms in total. The second kappa shape index (κ2) is 6.41. The van der Waals surface area contributed by atoms with E-state index in [2.05, 4.69) is 5.32 Å². The van der Waals surface area contributed by atoms with Gasteiger partial charge in [0.1, 0.15) is 0 Å². The largest absolute Gasteiger partial charge is 0.481 e. The number of amides is 1. The van der Waals surface area contributed by atoms with Gasteiger partial charge in [-0.25, -0.2) is 0 Å². The fraction of sp³-hybridized carbons (Fsp3) is 0.571. The minimum atomic E-state index is -0.827. The molecule has 1 saturated carbocycles. The van der Waals surface area contributed by atoms with E-state index in [1.807, 2.05) is 0 Å². The molecule has 0 spiro atoms. The molecular weight excluding hydrogens is 246 g/mol. The molecule has 2 unspecified atom stereocenters. The van der Waals surface area contributed by atoms with Crippen LogP contribution in [0.2, 0.25) is 0 Å². The summed E-state index contributed by atoms with van der Waals surface area (Å²) in [6.07, 6.45) is 6.79. The van der Waals surface area contributed by atoms with Crippen molar-refractivity contribution in [2.24, 2.45) is 5.92 Å². The highest BCUT2D eigenvalue weighted by molar-refractivity contribution is 5.91. The summed E-state index contributed by atoms with van der Waals surface area (Å²) in [6.45, 7) is 0. The molecule has 1 fully saturated rings. The van der Waals surface area contributed by atoms with Gasteiger partial charge in [0.05, 0.1) is 12.2 Å². The summed E-state index contributed by atoms with van der Waals surface area (Å²) in [4.78, 5) is 23.3. The van der Waals surface area contributed by atoms with Crippen LogP contribution < -0.4 is 5.32 Å². The zero-order chi connectivity index (χ0) is 13.7. The minimum absolute atomic E-state index is 0.228. The van der Waals surface area contributed by atoms with Crippen molar-refractivity contribution in [1.29, 1.82) is 0 Å². The van der Waals surface area contributed by atoms with Gasteiger partial charge in [0.25, 0.3) is 5.91 Å². The molecule has 2 rings (SSSR count). The quantitative estimate of drug-likeness (QED) is 0.879. The first-order valence-electron chi connectivity index (χ1n) is 6.75. The molecule has 0 aliphatic heterocycles. The number of furan rings is 1. The standard InChI is InChI=1S/C14H19NO4/c16-13(12-8-5-9-19-12)15-11-7-4-2-1-3-6-10(11)14(17)18/h5,8-11H,1-4,6-7H2,(H,15,16)(H,17,18). The molecule has 1 heterocycles. The molecule has 0 saturated heterocycles. The molecule has 19 heavy (non-hydrogen) atoms. The van der Waals surface area contributed by atoms with Gasteiger partial charge in [-0.05, 0) is 25.0 Å². The van der Waals surface area contributed by atoms with Gasteiger partial charge < -0.3 is 14.8 Å². The first-order chi connectivity index (χ1) is 9.18. The van der Waals surface area contributed by atoms with E-state index in [4.69, 9.17) is 4.42 Å². The fourth-order valence-electron chi connectivity index (χ4n) is 2.60. The van der Waals surface area contributed by atoms with Crippen LogP contribution in [0.25, 0.3) is 0 Å². The van der Waals surface area contributed by atoms with Gasteiger partial charge in [0.15, 0.2) is 5.76 Å². The van der Waals surface area contributed by atoms with E-state index in [-0.39, 0.29) is 17.7 Å². The first-order valence-corrected chi connectivity index (χ1v) is 6.75. The van der Waals surface area contributed by atoms with Crippen molar-refractivity contribution >= 4 is 11.9 Å². The third-order valence-electron chi connectivity index (χ3n) is 3.64. The van der Waals surface area contributed by atoms with Crippen molar-refractivity contribution in [1.82, 2.24) is 5.32 Å². The Labute approximate surface area is 112 Å². The third kappa shape index (κ3) is 3.59. The Morgan fingerprint density at radius 3 is 2.58 bits per heavy atom. The lowest BCUT2D eigenvalue weighted by Gasteiger charge is -2.26. The van der Waals surface area contributed by atoms with Crippen LogP contribution in [0.3, 0.4) is 0 Å². The molecule has 104 valence electrons.